The summed E-state index contributed by atoms with van der Waals surface area (Å²) in [6.45, 7) is 4.47. The van der Waals surface area contributed by atoms with E-state index in [4.69, 9.17) is 0 Å². The molecule has 17 heavy (non-hydrogen) atoms. The van der Waals surface area contributed by atoms with Gasteiger partial charge in [-0.3, -0.25) is 0 Å². The molecule has 0 saturated heterocycles. The number of aliphatic hydroxyl groups is 1. The van der Waals surface area contributed by atoms with Crippen molar-refractivity contribution in [2.24, 2.45) is 11.8 Å². The first-order valence-corrected chi connectivity index (χ1v) is 6.66. The summed E-state index contributed by atoms with van der Waals surface area (Å²) in [5, 5.41) is 12.8. The van der Waals surface area contributed by atoms with Gasteiger partial charge in [0.05, 0.1) is 0 Å². The molecule has 2 atom stereocenters. The molecule has 2 nitrogen and oxygen atoms in total. The van der Waals surface area contributed by atoms with Crippen LogP contribution in [0.2, 0.25) is 0 Å². The quantitative estimate of drug-likeness (QED) is 0.819. The molecule has 94 valence electrons. The third-order valence-electron chi connectivity index (χ3n) is 3.87. The molecule has 2 rings (SSSR count). The number of benzene rings is 1. The molecule has 1 aromatic carbocycles. The van der Waals surface area contributed by atoms with Crippen molar-refractivity contribution in [2.75, 3.05) is 13.2 Å². The largest absolute Gasteiger partial charge is 0.396 e. The Hall–Kier alpha value is -0.860. The van der Waals surface area contributed by atoms with Crippen LogP contribution >= 0.6 is 0 Å². The lowest BCUT2D eigenvalue weighted by molar-refractivity contribution is 0.192. The lowest BCUT2D eigenvalue weighted by Gasteiger charge is -2.17. The molecule has 1 aliphatic rings. The van der Waals surface area contributed by atoms with Crippen LogP contribution in [0.15, 0.2) is 24.3 Å². The zero-order chi connectivity index (χ0) is 12.1. The van der Waals surface area contributed by atoms with Crippen molar-refractivity contribution in [1.82, 2.24) is 5.32 Å². The standard InChI is InChI=1S/C15H23NO/c1-12-4-2-5-13(8-12)9-16-10-14-6-3-7-15(14)11-17/h2,4-5,8,14-17H,3,6-7,9-11H2,1H3. The topological polar surface area (TPSA) is 32.3 Å². The van der Waals surface area contributed by atoms with E-state index in [2.05, 4.69) is 36.5 Å². The number of aliphatic hydroxyl groups excluding tert-OH is 1. The molecular formula is C15H23NO. The number of aryl methyl sites for hydroxylation is 1. The third kappa shape index (κ3) is 3.55. The average molecular weight is 233 g/mol. The van der Waals surface area contributed by atoms with Crippen molar-refractivity contribution in [3.8, 4) is 0 Å². The van der Waals surface area contributed by atoms with Crippen LogP contribution in [0.4, 0.5) is 0 Å². The fourth-order valence-electron chi connectivity index (χ4n) is 2.85. The normalized spacial score (nSPS) is 24.1. The van der Waals surface area contributed by atoms with Crippen molar-refractivity contribution in [2.45, 2.75) is 32.7 Å². The maximum absolute atomic E-state index is 9.26. The zero-order valence-corrected chi connectivity index (χ0v) is 10.7. The van der Waals surface area contributed by atoms with Crippen LogP contribution in [0.3, 0.4) is 0 Å². The van der Waals surface area contributed by atoms with Gasteiger partial charge >= 0.3 is 0 Å². The summed E-state index contributed by atoms with van der Waals surface area (Å²) >= 11 is 0. The Morgan fingerprint density at radius 3 is 2.88 bits per heavy atom. The minimum atomic E-state index is 0.358. The van der Waals surface area contributed by atoms with Crippen LogP contribution in [0, 0.1) is 18.8 Å². The Kier molecular flexibility index (Phi) is 4.57. The van der Waals surface area contributed by atoms with Gasteiger partial charge in [-0.2, -0.15) is 0 Å². The predicted octanol–water partition coefficient (Wildman–Crippen LogP) is 2.49. The summed E-state index contributed by atoms with van der Waals surface area (Å²) < 4.78 is 0. The average Bonchev–Trinajstić information content (AvgIpc) is 2.77. The number of rotatable bonds is 5. The predicted molar refractivity (Wildman–Crippen MR) is 70.8 cm³/mol. The van der Waals surface area contributed by atoms with Crippen molar-refractivity contribution in [1.29, 1.82) is 0 Å². The second-order valence-electron chi connectivity index (χ2n) is 5.25. The van der Waals surface area contributed by atoms with Crippen molar-refractivity contribution < 1.29 is 5.11 Å². The van der Waals surface area contributed by atoms with E-state index in [1.165, 1.54) is 30.4 Å². The molecule has 1 aliphatic carbocycles. The summed E-state index contributed by atoms with van der Waals surface area (Å²) in [6.07, 6.45) is 3.75. The van der Waals surface area contributed by atoms with E-state index in [1.54, 1.807) is 0 Å². The molecule has 0 amide bonds. The van der Waals surface area contributed by atoms with E-state index in [1.807, 2.05) is 0 Å². The summed E-state index contributed by atoms with van der Waals surface area (Å²) in [4.78, 5) is 0. The van der Waals surface area contributed by atoms with Crippen molar-refractivity contribution in [3.05, 3.63) is 35.4 Å². The molecule has 0 heterocycles. The highest BCUT2D eigenvalue weighted by Gasteiger charge is 2.25. The number of nitrogens with one attached hydrogen (secondary N) is 1. The van der Waals surface area contributed by atoms with Gasteiger partial charge in [-0.25, -0.2) is 0 Å². The maximum Gasteiger partial charge on any atom is 0.0462 e. The smallest absolute Gasteiger partial charge is 0.0462 e. The Morgan fingerprint density at radius 2 is 2.12 bits per heavy atom. The zero-order valence-electron chi connectivity index (χ0n) is 10.7. The fraction of sp³-hybridized carbons (Fsp3) is 0.600. The number of hydrogen-bond donors (Lipinski definition) is 2. The molecule has 0 aliphatic heterocycles. The van der Waals surface area contributed by atoms with Crippen LogP contribution in [-0.4, -0.2) is 18.3 Å². The van der Waals surface area contributed by atoms with Gasteiger partial charge in [0.25, 0.3) is 0 Å². The Balaban J connectivity index is 1.76. The monoisotopic (exact) mass is 233 g/mol. The Labute approximate surface area is 104 Å². The van der Waals surface area contributed by atoms with E-state index in [0.717, 1.165) is 13.1 Å². The number of hydrogen-bond acceptors (Lipinski definition) is 2. The second-order valence-corrected chi connectivity index (χ2v) is 5.25. The molecule has 1 fully saturated rings. The van der Waals surface area contributed by atoms with Crippen LogP contribution < -0.4 is 5.32 Å². The first-order chi connectivity index (χ1) is 8.29. The van der Waals surface area contributed by atoms with E-state index in [0.29, 0.717) is 18.4 Å². The van der Waals surface area contributed by atoms with E-state index in [-0.39, 0.29) is 0 Å². The van der Waals surface area contributed by atoms with E-state index >= 15 is 0 Å². The molecular weight excluding hydrogens is 210 g/mol. The summed E-state index contributed by atoms with van der Waals surface area (Å²) in [6, 6.07) is 8.63. The van der Waals surface area contributed by atoms with Gasteiger partial charge in [0, 0.05) is 13.2 Å². The molecule has 0 spiro atoms. The maximum atomic E-state index is 9.26. The lowest BCUT2D eigenvalue weighted by atomic mass is 9.97. The van der Waals surface area contributed by atoms with Crippen LogP contribution in [-0.2, 0) is 6.54 Å². The van der Waals surface area contributed by atoms with Gasteiger partial charge in [-0.05, 0) is 43.7 Å². The lowest BCUT2D eigenvalue weighted by Crippen LogP contribution is -2.26. The highest BCUT2D eigenvalue weighted by Crippen LogP contribution is 2.30. The van der Waals surface area contributed by atoms with Crippen molar-refractivity contribution in [3.63, 3.8) is 0 Å². The molecule has 0 aromatic heterocycles. The summed E-state index contributed by atoms with van der Waals surface area (Å²) in [5.74, 6) is 1.20. The van der Waals surface area contributed by atoms with Gasteiger partial charge in [0.15, 0.2) is 0 Å². The molecule has 1 aromatic rings. The van der Waals surface area contributed by atoms with Crippen molar-refractivity contribution >= 4 is 0 Å². The molecule has 2 heteroatoms. The highest BCUT2D eigenvalue weighted by molar-refractivity contribution is 5.21. The first-order valence-electron chi connectivity index (χ1n) is 6.66. The third-order valence-corrected chi connectivity index (χ3v) is 3.87. The Morgan fingerprint density at radius 1 is 1.29 bits per heavy atom. The molecule has 2 N–H and O–H groups in total. The van der Waals surface area contributed by atoms with E-state index in [9.17, 15) is 5.11 Å². The second kappa shape index (κ2) is 6.18. The molecule has 0 radical (unpaired) electrons. The van der Waals surface area contributed by atoms with Gasteiger partial charge in [-0.1, -0.05) is 36.2 Å². The van der Waals surface area contributed by atoms with Gasteiger partial charge in [0.1, 0.15) is 0 Å². The minimum Gasteiger partial charge on any atom is -0.396 e. The Bertz CT molecular complexity index is 351. The van der Waals surface area contributed by atoms with Gasteiger partial charge in [0.2, 0.25) is 0 Å². The first kappa shape index (κ1) is 12.6. The molecule has 1 saturated carbocycles. The molecule has 2 unspecified atom stereocenters. The SMILES string of the molecule is Cc1cccc(CNCC2CCCC2CO)c1. The van der Waals surface area contributed by atoms with Crippen LogP contribution in [0.1, 0.15) is 30.4 Å². The highest BCUT2D eigenvalue weighted by atomic mass is 16.3. The minimum absolute atomic E-state index is 0.358. The van der Waals surface area contributed by atoms with Crippen LogP contribution in [0.25, 0.3) is 0 Å². The summed E-state index contributed by atoms with van der Waals surface area (Å²) in [5.41, 5.74) is 2.67. The molecule has 0 bridgehead atoms. The van der Waals surface area contributed by atoms with Crippen LogP contribution in [0.5, 0.6) is 0 Å². The summed E-state index contributed by atoms with van der Waals surface area (Å²) in [7, 11) is 0. The fourth-order valence-corrected chi connectivity index (χ4v) is 2.85. The van der Waals surface area contributed by atoms with Gasteiger partial charge < -0.3 is 10.4 Å². The van der Waals surface area contributed by atoms with E-state index < -0.39 is 0 Å². The van der Waals surface area contributed by atoms with Gasteiger partial charge in [-0.15, -0.1) is 0 Å².